The van der Waals surface area contributed by atoms with Crippen LogP contribution in [0.4, 0.5) is 0 Å². The zero-order valence-electron chi connectivity index (χ0n) is 16.8. The zero-order chi connectivity index (χ0) is 20.2. The van der Waals surface area contributed by atoms with Crippen LogP contribution in [0.15, 0.2) is 65.5 Å². The average molecular weight is 389 g/mol. The number of nitrogens with zero attached hydrogens (tertiary/aromatic N) is 2. The summed E-state index contributed by atoms with van der Waals surface area (Å²) in [7, 11) is 2.19. The molecule has 1 fully saturated rings. The molecule has 0 saturated carbocycles. The Balaban J connectivity index is 1.37. The summed E-state index contributed by atoms with van der Waals surface area (Å²) in [6.07, 6.45) is 3.02. The number of likely N-dealkylation sites (N-methyl/N-ethyl adjacent to an activating group) is 1. The largest absolute Gasteiger partial charge is 0.339 e. The van der Waals surface area contributed by atoms with Crippen molar-refractivity contribution in [2.45, 2.75) is 25.3 Å². The first-order valence-electron chi connectivity index (χ1n) is 10.3. The Labute approximate surface area is 171 Å². The first-order chi connectivity index (χ1) is 14.1. The van der Waals surface area contributed by atoms with E-state index in [9.17, 15) is 9.59 Å². The monoisotopic (exact) mass is 389 g/mol. The van der Waals surface area contributed by atoms with Crippen LogP contribution in [-0.2, 0) is 6.42 Å². The highest BCUT2D eigenvalue weighted by Gasteiger charge is 2.26. The number of hydrogen-bond acceptors (Lipinski definition) is 3. The summed E-state index contributed by atoms with van der Waals surface area (Å²) in [6, 6.07) is 19.8. The lowest BCUT2D eigenvalue weighted by Crippen LogP contribution is -2.46. The van der Waals surface area contributed by atoms with E-state index in [0.29, 0.717) is 17.1 Å². The molecule has 5 heteroatoms. The maximum absolute atomic E-state index is 13.1. The number of hydrogen-bond donors (Lipinski definition) is 1. The van der Waals surface area contributed by atoms with E-state index in [-0.39, 0.29) is 11.5 Å². The maximum Gasteiger partial charge on any atom is 0.254 e. The predicted octanol–water partition coefficient (Wildman–Crippen LogP) is 3.31. The smallest absolute Gasteiger partial charge is 0.254 e. The molecule has 0 aliphatic carbocycles. The van der Waals surface area contributed by atoms with Crippen molar-refractivity contribution < 1.29 is 4.79 Å². The molecule has 1 aromatic heterocycles. The summed E-state index contributed by atoms with van der Waals surface area (Å²) in [5.74, 6) is 0.0491. The molecule has 150 valence electrons. The quantitative estimate of drug-likeness (QED) is 0.728. The van der Waals surface area contributed by atoms with Gasteiger partial charge >= 0.3 is 0 Å². The van der Waals surface area contributed by atoms with E-state index in [1.807, 2.05) is 29.2 Å². The van der Waals surface area contributed by atoms with E-state index in [1.54, 1.807) is 6.07 Å². The minimum absolute atomic E-state index is 0.0491. The van der Waals surface area contributed by atoms with Crippen molar-refractivity contribution >= 4 is 16.8 Å². The Kier molecular flexibility index (Phi) is 5.76. The van der Waals surface area contributed by atoms with Gasteiger partial charge in [0.05, 0.1) is 0 Å². The highest BCUT2D eigenvalue weighted by atomic mass is 16.2. The summed E-state index contributed by atoms with van der Waals surface area (Å²) in [4.78, 5) is 31.8. The van der Waals surface area contributed by atoms with Crippen molar-refractivity contribution in [1.29, 1.82) is 0 Å². The number of H-pyrrole nitrogens is 1. The van der Waals surface area contributed by atoms with Crippen LogP contribution in [0.3, 0.4) is 0 Å². The number of carbonyl (C=O) groups excluding carboxylic acids is 1. The number of aromatic nitrogens is 1. The number of rotatable bonds is 5. The second-order valence-corrected chi connectivity index (χ2v) is 7.83. The van der Waals surface area contributed by atoms with Crippen LogP contribution in [0.5, 0.6) is 0 Å². The Hall–Kier alpha value is -2.92. The molecule has 1 saturated heterocycles. The molecule has 3 aromatic rings. The van der Waals surface area contributed by atoms with Crippen LogP contribution in [0.2, 0.25) is 0 Å². The Morgan fingerprint density at radius 3 is 2.55 bits per heavy atom. The Bertz CT molecular complexity index is 1040. The number of pyridine rings is 1. The van der Waals surface area contributed by atoms with E-state index in [1.165, 1.54) is 11.6 Å². The van der Waals surface area contributed by atoms with Crippen LogP contribution in [-0.4, -0.2) is 53.4 Å². The van der Waals surface area contributed by atoms with Gasteiger partial charge in [0.25, 0.3) is 5.91 Å². The van der Waals surface area contributed by atoms with Gasteiger partial charge in [0.15, 0.2) is 0 Å². The second-order valence-electron chi connectivity index (χ2n) is 7.83. The average Bonchev–Trinajstić information content (AvgIpc) is 2.77. The van der Waals surface area contributed by atoms with Gasteiger partial charge in [-0.05, 0) is 50.1 Å². The lowest BCUT2D eigenvalue weighted by Gasteiger charge is -2.37. The van der Waals surface area contributed by atoms with Crippen LogP contribution >= 0.6 is 0 Å². The molecule has 2 heterocycles. The van der Waals surface area contributed by atoms with Gasteiger partial charge in [0.1, 0.15) is 0 Å². The summed E-state index contributed by atoms with van der Waals surface area (Å²) < 4.78 is 0. The highest BCUT2D eigenvalue weighted by molar-refractivity contribution is 6.06. The number of benzene rings is 2. The van der Waals surface area contributed by atoms with Gasteiger partial charge in [-0.15, -0.1) is 0 Å². The summed E-state index contributed by atoms with van der Waals surface area (Å²) >= 11 is 0. The number of piperidine rings is 1. The maximum atomic E-state index is 13.1. The van der Waals surface area contributed by atoms with Crippen molar-refractivity contribution in [1.82, 2.24) is 14.8 Å². The molecule has 1 aliphatic rings. The topological polar surface area (TPSA) is 56.4 Å². The third-order valence-corrected chi connectivity index (χ3v) is 5.97. The van der Waals surface area contributed by atoms with Gasteiger partial charge in [0.2, 0.25) is 5.56 Å². The predicted molar refractivity (Wildman–Crippen MR) is 116 cm³/mol. The molecule has 2 aromatic carbocycles. The number of nitrogens with one attached hydrogen (secondary N) is 1. The van der Waals surface area contributed by atoms with Gasteiger partial charge in [-0.3, -0.25) is 9.59 Å². The molecule has 5 nitrogen and oxygen atoms in total. The van der Waals surface area contributed by atoms with Crippen molar-refractivity contribution in [3.05, 3.63) is 82.1 Å². The van der Waals surface area contributed by atoms with Crippen molar-refractivity contribution in [3.63, 3.8) is 0 Å². The standard InChI is InChI=1S/C24H27N3O2/c1-26(15-12-18-6-3-2-4-7-18)19-13-16-27(17-14-19)24(29)21-8-5-9-22-20(21)10-11-23(28)25-22/h2-11,19H,12-17H2,1H3,(H,25,28). The van der Waals surface area contributed by atoms with Gasteiger partial charge in [0, 0.05) is 48.2 Å². The molecule has 29 heavy (non-hydrogen) atoms. The van der Waals surface area contributed by atoms with Crippen molar-refractivity contribution in [2.24, 2.45) is 0 Å². The van der Waals surface area contributed by atoms with E-state index in [2.05, 4.69) is 41.2 Å². The normalized spacial score (nSPS) is 15.2. The molecular weight excluding hydrogens is 362 g/mol. The minimum Gasteiger partial charge on any atom is -0.339 e. The Morgan fingerprint density at radius 2 is 1.79 bits per heavy atom. The van der Waals surface area contributed by atoms with Crippen LogP contribution in [0.25, 0.3) is 10.9 Å². The molecule has 0 bridgehead atoms. The van der Waals surface area contributed by atoms with Gasteiger partial charge in [-0.2, -0.15) is 0 Å². The molecule has 0 unspecified atom stereocenters. The number of likely N-dealkylation sites (tertiary alicyclic amines) is 1. The third-order valence-electron chi connectivity index (χ3n) is 5.97. The number of carbonyl (C=O) groups is 1. The fourth-order valence-electron chi connectivity index (χ4n) is 4.19. The lowest BCUT2D eigenvalue weighted by molar-refractivity contribution is 0.0649. The summed E-state index contributed by atoms with van der Waals surface area (Å²) in [5.41, 5.74) is 2.58. The fourth-order valence-corrected chi connectivity index (χ4v) is 4.19. The molecule has 1 N–H and O–H groups in total. The van der Waals surface area contributed by atoms with E-state index in [4.69, 9.17) is 0 Å². The summed E-state index contributed by atoms with van der Waals surface area (Å²) in [5, 5.41) is 0.805. The zero-order valence-corrected chi connectivity index (χ0v) is 16.8. The van der Waals surface area contributed by atoms with E-state index in [0.717, 1.165) is 44.3 Å². The third kappa shape index (κ3) is 4.40. The molecule has 0 radical (unpaired) electrons. The first kappa shape index (κ1) is 19.4. The molecule has 1 aliphatic heterocycles. The molecule has 0 atom stereocenters. The van der Waals surface area contributed by atoms with Crippen LogP contribution < -0.4 is 5.56 Å². The molecule has 1 amide bonds. The summed E-state index contributed by atoms with van der Waals surface area (Å²) in [6.45, 7) is 2.55. The first-order valence-corrected chi connectivity index (χ1v) is 10.3. The van der Waals surface area contributed by atoms with Crippen LogP contribution in [0, 0.1) is 0 Å². The SMILES string of the molecule is CN(CCc1ccccc1)C1CCN(C(=O)c2cccc3[nH]c(=O)ccc23)CC1. The van der Waals surface area contributed by atoms with Crippen molar-refractivity contribution in [3.8, 4) is 0 Å². The fraction of sp³-hybridized carbons (Fsp3) is 0.333. The lowest BCUT2D eigenvalue weighted by atomic mass is 10.0. The van der Waals surface area contributed by atoms with Gasteiger partial charge in [-0.1, -0.05) is 36.4 Å². The minimum atomic E-state index is -0.151. The number of aromatic amines is 1. The molecule has 4 rings (SSSR count). The second kappa shape index (κ2) is 8.62. The Morgan fingerprint density at radius 1 is 1.03 bits per heavy atom. The molecule has 0 spiro atoms. The van der Waals surface area contributed by atoms with Crippen molar-refractivity contribution in [2.75, 3.05) is 26.7 Å². The van der Waals surface area contributed by atoms with E-state index < -0.39 is 0 Å². The number of amides is 1. The van der Waals surface area contributed by atoms with Gasteiger partial charge < -0.3 is 14.8 Å². The molecular formula is C24H27N3O2. The van der Waals surface area contributed by atoms with E-state index >= 15 is 0 Å². The number of fused-ring (bicyclic) bond motifs is 1. The van der Waals surface area contributed by atoms with Gasteiger partial charge in [-0.25, -0.2) is 0 Å². The van der Waals surface area contributed by atoms with Crippen LogP contribution in [0.1, 0.15) is 28.8 Å². The highest BCUT2D eigenvalue weighted by Crippen LogP contribution is 2.21.